The highest BCUT2D eigenvalue weighted by atomic mass is 32.2. The quantitative estimate of drug-likeness (QED) is 0.522. The lowest BCUT2D eigenvalue weighted by Crippen LogP contribution is -2.22. The highest BCUT2D eigenvalue weighted by Gasteiger charge is 2.25. The standard InChI is InChI=1S/C5H10N2OS/c1-9-7-3-4(6)2-5(7)8/h4H,2-3,6H2,1H3/t4-/m0/s1. The Morgan fingerprint density at radius 3 is 2.78 bits per heavy atom. The third kappa shape index (κ3) is 1.37. The molecule has 1 rings (SSSR count). The van der Waals surface area contributed by atoms with Crippen molar-refractivity contribution in [3.8, 4) is 0 Å². The second-order valence-electron chi connectivity index (χ2n) is 2.10. The first-order valence-electron chi connectivity index (χ1n) is 2.84. The van der Waals surface area contributed by atoms with Gasteiger partial charge in [-0.05, 0) is 0 Å². The molecule has 3 nitrogen and oxygen atoms in total. The van der Waals surface area contributed by atoms with Crippen molar-refractivity contribution in [2.45, 2.75) is 12.5 Å². The van der Waals surface area contributed by atoms with Gasteiger partial charge in [-0.15, -0.1) is 0 Å². The molecule has 1 aliphatic rings. The maximum atomic E-state index is 10.8. The van der Waals surface area contributed by atoms with Crippen LogP contribution >= 0.6 is 11.9 Å². The van der Waals surface area contributed by atoms with Gasteiger partial charge in [0, 0.05) is 25.3 Å². The molecule has 9 heavy (non-hydrogen) atoms. The van der Waals surface area contributed by atoms with Crippen molar-refractivity contribution in [2.75, 3.05) is 12.8 Å². The summed E-state index contributed by atoms with van der Waals surface area (Å²) in [5.41, 5.74) is 5.52. The van der Waals surface area contributed by atoms with Crippen molar-refractivity contribution < 1.29 is 4.79 Å². The first kappa shape index (κ1) is 6.89. The molecule has 0 saturated carbocycles. The number of hydrogen-bond acceptors (Lipinski definition) is 3. The molecule has 0 unspecified atom stereocenters. The van der Waals surface area contributed by atoms with Crippen LogP contribution in [-0.2, 0) is 4.79 Å². The molecule has 0 bridgehead atoms. The second kappa shape index (κ2) is 2.58. The molecule has 1 saturated heterocycles. The monoisotopic (exact) mass is 146 g/mol. The van der Waals surface area contributed by atoms with E-state index in [4.69, 9.17) is 5.73 Å². The van der Waals surface area contributed by atoms with E-state index in [0.29, 0.717) is 13.0 Å². The fraction of sp³-hybridized carbons (Fsp3) is 0.800. The number of carbonyl (C=O) groups is 1. The van der Waals surface area contributed by atoms with Crippen LogP contribution in [0.25, 0.3) is 0 Å². The fourth-order valence-electron chi connectivity index (χ4n) is 0.882. The minimum atomic E-state index is 0.0601. The average molecular weight is 146 g/mol. The van der Waals surface area contributed by atoms with E-state index < -0.39 is 0 Å². The van der Waals surface area contributed by atoms with Crippen LogP contribution in [0.15, 0.2) is 0 Å². The van der Waals surface area contributed by atoms with E-state index in [1.165, 1.54) is 11.9 Å². The molecule has 0 aliphatic carbocycles. The van der Waals surface area contributed by atoms with Crippen LogP contribution in [0.2, 0.25) is 0 Å². The van der Waals surface area contributed by atoms with Gasteiger partial charge in [-0.1, -0.05) is 11.9 Å². The molecule has 52 valence electrons. The molecule has 1 heterocycles. The smallest absolute Gasteiger partial charge is 0.234 e. The lowest BCUT2D eigenvalue weighted by Gasteiger charge is -2.09. The summed E-state index contributed by atoms with van der Waals surface area (Å²) in [5, 5.41) is 0. The van der Waals surface area contributed by atoms with E-state index in [9.17, 15) is 4.79 Å². The Bertz CT molecular complexity index is 128. The Balaban J connectivity index is 2.48. The van der Waals surface area contributed by atoms with Gasteiger partial charge in [0.05, 0.1) is 0 Å². The summed E-state index contributed by atoms with van der Waals surface area (Å²) < 4.78 is 1.70. The van der Waals surface area contributed by atoms with E-state index in [1.807, 2.05) is 6.26 Å². The van der Waals surface area contributed by atoms with Gasteiger partial charge in [0.25, 0.3) is 0 Å². The second-order valence-corrected chi connectivity index (χ2v) is 2.91. The summed E-state index contributed by atoms with van der Waals surface area (Å²) in [7, 11) is 0. The Hall–Kier alpha value is -0.220. The highest BCUT2D eigenvalue weighted by molar-refractivity contribution is 7.96. The zero-order valence-corrected chi connectivity index (χ0v) is 6.15. The van der Waals surface area contributed by atoms with Crippen LogP contribution in [0.3, 0.4) is 0 Å². The number of hydrogen-bond donors (Lipinski definition) is 1. The Morgan fingerprint density at radius 1 is 1.89 bits per heavy atom. The molecule has 1 fully saturated rings. The molecule has 1 amide bonds. The van der Waals surface area contributed by atoms with E-state index in [2.05, 4.69) is 0 Å². The predicted molar refractivity (Wildman–Crippen MR) is 37.8 cm³/mol. The van der Waals surface area contributed by atoms with Gasteiger partial charge in [-0.3, -0.25) is 9.10 Å². The lowest BCUT2D eigenvalue weighted by molar-refractivity contribution is -0.123. The van der Waals surface area contributed by atoms with Crippen molar-refractivity contribution in [3.05, 3.63) is 0 Å². The van der Waals surface area contributed by atoms with E-state index in [-0.39, 0.29) is 11.9 Å². The largest absolute Gasteiger partial charge is 0.326 e. The average Bonchev–Trinajstić information content (AvgIpc) is 2.10. The minimum Gasteiger partial charge on any atom is -0.326 e. The number of amides is 1. The topological polar surface area (TPSA) is 46.3 Å². The summed E-state index contributed by atoms with van der Waals surface area (Å²) in [6.45, 7) is 0.708. The van der Waals surface area contributed by atoms with Crippen molar-refractivity contribution in [1.82, 2.24) is 4.31 Å². The lowest BCUT2D eigenvalue weighted by atomic mass is 10.3. The van der Waals surface area contributed by atoms with Crippen LogP contribution in [0.5, 0.6) is 0 Å². The van der Waals surface area contributed by atoms with Crippen molar-refractivity contribution in [1.29, 1.82) is 0 Å². The molecule has 1 aliphatic heterocycles. The number of carbonyl (C=O) groups excluding carboxylic acids is 1. The Kier molecular flexibility index (Phi) is 1.97. The van der Waals surface area contributed by atoms with Gasteiger partial charge in [-0.25, -0.2) is 0 Å². The summed E-state index contributed by atoms with van der Waals surface area (Å²) in [6.07, 6.45) is 2.40. The van der Waals surface area contributed by atoms with Gasteiger partial charge in [0.2, 0.25) is 5.91 Å². The SMILES string of the molecule is CSN1C[C@@H](N)CC1=O. The molecule has 0 aromatic rings. The van der Waals surface area contributed by atoms with E-state index in [1.54, 1.807) is 4.31 Å². The van der Waals surface area contributed by atoms with Crippen LogP contribution in [-0.4, -0.2) is 29.1 Å². The van der Waals surface area contributed by atoms with Gasteiger partial charge >= 0.3 is 0 Å². The Labute approximate surface area is 58.7 Å². The van der Waals surface area contributed by atoms with Gasteiger partial charge in [-0.2, -0.15) is 0 Å². The third-order valence-corrected chi connectivity index (χ3v) is 2.13. The van der Waals surface area contributed by atoms with Crippen LogP contribution in [0.4, 0.5) is 0 Å². The van der Waals surface area contributed by atoms with E-state index >= 15 is 0 Å². The third-order valence-electron chi connectivity index (χ3n) is 1.34. The zero-order valence-electron chi connectivity index (χ0n) is 5.33. The summed E-state index contributed by atoms with van der Waals surface area (Å²) in [6, 6.07) is 0.0601. The maximum absolute atomic E-state index is 10.8. The minimum absolute atomic E-state index is 0.0601. The zero-order chi connectivity index (χ0) is 6.85. The van der Waals surface area contributed by atoms with Crippen molar-refractivity contribution in [3.63, 3.8) is 0 Å². The number of nitrogens with two attached hydrogens (primary N) is 1. The van der Waals surface area contributed by atoms with Gasteiger partial charge in [0.15, 0.2) is 0 Å². The summed E-state index contributed by atoms with van der Waals surface area (Å²) in [4.78, 5) is 10.8. The highest BCUT2D eigenvalue weighted by Crippen LogP contribution is 2.15. The van der Waals surface area contributed by atoms with Crippen LogP contribution in [0, 0.1) is 0 Å². The van der Waals surface area contributed by atoms with Gasteiger partial charge < -0.3 is 5.73 Å². The maximum Gasteiger partial charge on any atom is 0.234 e. The molecule has 4 heteroatoms. The molecule has 0 aromatic heterocycles. The fourth-order valence-corrected chi connectivity index (χ4v) is 1.50. The predicted octanol–water partition coefficient (Wildman–Crippen LogP) is -0.176. The molecule has 1 atom stereocenters. The molecule has 2 N–H and O–H groups in total. The summed E-state index contributed by atoms with van der Waals surface area (Å²) in [5.74, 6) is 0.162. The van der Waals surface area contributed by atoms with Crippen LogP contribution < -0.4 is 5.73 Å². The first-order chi connectivity index (χ1) is 4.24. The molecular formula is C5H10N2OS. The Morgan fingerprint density at radius 2 is 2.56 bits per heavy atom. The van der Waals surface area contributed by atoms with Gasteiger partial charge in [0.1, 0.15) is 0 Å². The molecule has 0 radical (unpaired) electrons. The van der Waals surface area contributed by atoms with Crippen molar-refractivity contribution in [2.24, 2.45) is 5.73 Å². The number of nitrogens with zero attached hydrogens (tertiary/aromatic N) is 1. The molecule has 0 spiro atoms. The normalized spacial score (nSPS) is 27.6. The summed E-state index contributed by atoms with van der Waals surface area (Å²) >= 11 is 1.45. The van der Waals surface area contributed by atoms with E-state index in [0.717, 1.165) is 0 Å². The van der Waals surface area contributed by atoms with Crippen LogP contribution in [0.1, 0.15) is 6.42 Å². The molecule has 0 aromatic carbocycles. The first-order valence-corrected chi connectivity index (χ1v) is 4.02. The molecular weight excluding hydrogens is 136 g/mol. The van der Waals surface area contributed by atoms with Crippen molar-refractivity contribution >= 4 is 17.9 Å². The number of rotatable bonds is 1.